The second kappa shape index (κ2) is 15.2. The number of anilines is 2. The van der Waals surface area contributed by atoms with Crippen LogP contribution in [0.2, 0.25) is 0 Å². The fourth-order valence-corrected chi connectivity index (χ4v) is 3.76. The van der Waals surface area contributed by atoms with Crippen LogP contribution in [-0.4, -0.2) is 67.8 Å². The summed E-state index contributed by atoms with van der Waals surface area (Å²) < 4.78 is 34.2. The highest BCUT2D eigenvalue weighted by Gasteiger charge is 2.20. The number of amides is 1. The molecule has 11 N–H and O–H groups in total. The van der Waals surface area contributed by atoms with Gasteiger partial charge in [0.05, 0.1) is 29.1 Å². The normalized spacial score (nSPS) is 10.7. The molecular formula is C27H27F2N11O7. The molecule has 2 aromatic carbocycles. The number of aromatic nitrogens is 4. The van der Waals surface area contributed by atoms with Gasteiger partial charge in [-0.05, 0) is 48.0 Å². The number of nitrogens with two attached hydrogens (primary N) is 3. The molecule has 0 unspecified atom stereocenters. The van der Waals surface area contributed by atoms with Gasteiger partial charge in [0.2, 0.25) is 0 Å². The molecule has 0 spiro atoms. The van der Waals surface area contributed by atoms with E-state index < -0.39 is 40.8 Å². The maximum atomic E-state index is 14.5. The molecule has 0 saturated carbocycles. The molecule has 0 atom stereocenters. The molecule has 2 heterocycles. The Morgan fingerprint density at radius 3 is 2.23 bits per heavy atom. The van der Waals surface area contributed by atoms with E-state index in [4.69, 9.17) is 27.7 Å². The number of nitrogens with one attached hydrogen (secondary N) is 3. The molecule has 0 aliphatic carbocycles. The average Bonchev–Trinajstić information content (AvgIpc) is 3.03. The van der Waals surface area contributed by atoms with Crippen molar-refractivity contribution < 1.29 is 42.9 Å². The summed E-state index contributed by atoms with van der Waals surface area (Å²) in [5.41, 5.74) is -0.882. The first-order chi connectivity index (χ1) is 22.3. The number of carboxylic acids is 2. The zero-order valence-electron chi connectivity index (χ0n) is 24.3. The number of nitrogen functional groups attached to an aromatic ring is 2. The number of rotatable bonds is 10. The van der Waals surface area contributed by atoms with Crippen molar-refractivity contribution in [2.45, 2.75) is 6.42 Å². The number of carboxylic acid groups (broad SMARTS) is 2. The molecular weight excluding hydrogens is 628 g/mol. The summed E-state index contributed by atoms with van der Waals surface area (Å²) in [6, 6.07) is 9.07. The van der Waals surface area contributed by atoms with Crippen LogP contribution in [0.25, 0.3) is 0 Å². The van der Waals surface area contributed by atoms with Gasteiger partial charge in [0.1, 0.15) is 11.5 Å². The number of halogens is 2. The zero-order chi connectivity index (χ0) is 34.8. The quantitative estimate of drug-likeness (QED) is 0.0627. The van der Waals surface area contributed by atoms with Crippen LogP contribution in [0.3, 0.4) is 0 Å². The summed E-state index contributed by atoms with van der Waals surface area (Å²) in [5, 5.41) is 41.6. The molecule has 0 aliphatic rings. The molecule has 18 nitrogen and oxygen atoms in total. The van der Waals surface area contributed by atoms with Crippen LogP contribution in [0.15, 0.2) is 53.6 Å². The molecule has 0 fully saturated rings. The predicted molar refractivity (Wildman–Crippen MR) is 159 cm³/mol. The zero-order valence-corrected chi connectivity index (χ0v) is 24.3. The van der Waals surface area contributed by atoms with E-state index in [2.05, 4.69) is 25.9 Å². The molecule has 4 aromatic rings. The molecule has 47 heavy (non-hydrogen) atoms. The van der Waals surface area contributed by atoms with E-state index in [-0.39, 0.29) is 52.4 Å². The molecule has 4 rings (SSSR count). The van der Waals surface area contributed by atoms with E-state index in [0.717, 1.165) is 23.0 Å². The topological polar surface area (TPSA) is 292 Å². The van der Waals surface area contributed by atoms with Crippen LogP contribution in [0, 0.1) is 17.0 Å². The van der Waals surface area contributed by atoms with Gasteiger partial charge in [0.25, 0.3) is 5.91 Å². The Morgan fingerprint density at radius 1 is 0.979 bits per heavy atom. The lowest BCUT2D eigenvalue weighted by molar-refractivity contribution is 0.0686. The van der Waals surface area contributed by atoms with Crippen molar-refractivity contribution in [2.75, 3.05) is 36.0 Å². The minimum atomic E-state index is -1.54. The molecule has 0 radical (unpaired) electrons. The van der Waals surface area contributed by atoms with Crippen molar-refractivity contribution in [2.24, 2.45) is 10.9 Å². The number of aldehydes is 1. The lowest BCUT2D eigenvalue weighted by Crippen LogP contribution is -2.31. The van der Waals surface area contributed by atoms with Gasteiger partial charge in [-0.1, -0.05) is 0 Å². The third kappa shape index (κ3) is 8.62. The largest absolute Gasteiger partial charge is 0.490 e. The fourth-order valence-electron chi connectivity index (χ4n) is 3.76. The van der Waals surface area contributed by atoms with Crippen LogP contribution in [-0.2, 0) is 6.42 Å². The summed E-state index contributed by atoms with van der Waals surface area (Å²) in [7, 11) is 1.44. The number of benzene rings is 2. The first kappa shape index (κ1) is 34.6. The Kier molecular flexibility index (Phi) is 11.2. The van der Waals surface area contributed by atoms with Gasteiger partial charge in [-0.3, -0.25) is 15.0 Å². The van der Waals surface area contributed by atoms with Gasteiger partial charge in [0, 0.05) is 19.5 Å². The summed E-state index contributed by atoms with van der Waals surface area (Å²) in [6.07, 6.45) is 0.446. The number of nitrogens with zero attached hydrogens (tertiary/aromatic N) is 5. The van der Waals surface area contributed by atoms with Gasteiger partial charge < -0.3 is 43.1 Å². The van der Waals surface area contributed by atoms with E-state index in [1.807, 2.05) is 0 Å². The molecule has 246 valence electrons. The van der Waals surface area contributed by atoms with Crippen LogP contribution >= 0.6 is 0 Å². The van der Waals surface area contributed by atoms with E-state index in [1.165, 1.54) is 31.3 Å². The Hall–Kier alpha value is -6.86. The van der Waals surface area contributed by atoms with E-state index >= 15 is 0 Å². The number of ether oxygens (including phenoxy) is 1. The first-order valence-electron chi connectivity index (χ1n) is 13.0. The first-order valence-corrected chi connectivity index (χ1v) is 13.0. The number of hydrogen-bond donors (Lipinski definition) is 8. The van der Waals surface area contributed by atoms with Crippen LogP contribution in [0.1, 0.15) is 47.3 Å². The lowest BCUT2D eigenvalue weighted by Gasteiger charge is -2.14. The maximum Gasteiger partial charge on any atom is 0.337 e. The lowest BCUT2D eigenvalue weighted by atomic mass is 10.1. The second-order valence-corrected chi connectivity index (χ2v) is 9.09. The fraction of sp³-hybridized carbons (Fsp3) is 0.111. The highest BCUT2D eigenvalue weighted by molar-refractivity contribution is 6.07. The standard InChI is InChI=1S/C22H20F2N6O6.C5H7N5O/c1-27-16-8-13(23)10(6-11(16)21(32)33)4-5-36-18-9-17(12(22(34)35)7-14(18)24)28-20(31)15-2-3-19(25)30(26)29-15;6-8-5-2-1-4(3-11)9-10(5)7/h2-3,6-9,25,27H,4-5,26H2,1H3,(H,28,31)(H,32,33)(H,34,35);1-3H,6-7H2/b;8-5-. The van der Waals surface area contributed by atoms with Crippen molar-refractivity contribution in [1.29, 1.82) is 5.41 Å². The van der Waals surface area contributed by atoms with Gasteiger partial charge in [0.15, 0.2) is 34.5 Å². The molecule has 1 amide bonds. The van der Waals surface area contributed by atoms with Crippen LogP contribution in [0.4, 0.5) is 20.2 Å². The van der Waals surface area contributed by atoms with E-state index in [9.17, 15) is 38.2 Å². The van der Waals surface area contributed by atoms with Gasteiger partial charge in [-0.25, -0.2) is 18.4 Å². The average molecular weight is 656 g/mol. The minimum Gasteiger partial charge on any atom is -0.490 e. The Balaban J connectivity index is 0.000000461. The molecule has 0 bridgehead atoms. The van der Waals surface area contributed by atoms with Crippen molar-refractivity contribution in [3.8, 4) is 5.75 Å². The Morgan fingerprint density at radius 2 is 1.66 bits per heavy atom. The summed E-state index contributed by atoms with van der Waals surface area (Å²) in [6.45, 7) is -0.300. The van der Waals surface area contributed by atoms with E-state index in [0.29, 0.717) is 22.6 Å². The molecule has 20 heteroatoms. The summed E-state index contributed by atoms with van der Waals surface area (Å²) >= 11 is 0. The summed E-state index contributed by atoms with van der Waals surface area (Å²) in [4.78, 5) is 47.2. The molecule has 2 aromatic heterocycles. The van der Waals surface area contributed by atoms with Crippen molar-refractivity contribution >= 4 is 35.5 Å². The van der Waals surface area contributed by atoms with E-state index in [1.54, 1.807) is 0 Å². The van der Waals surface area contributed by atoms with Gasteiger partial charge in [-0.15, -0.1) is 10.2 Å². The SMILES string of the molecule is CNc1cc(F)c(CCOc2cc(NC(=O)c3ccc(=N)n(N)n3)c(C(=O)O)cc2F)cc1C(=O)O.N/N=c1/ccc(C=O)nn1N. The highest BCUT2D eigenvalue weighted by atomic mass is 19.1. The molecule has 0 aliphatic heterocycles. The van der Waals surface area contributed by atoms with Gasteiger partial charge in [-0.2, -0.15) is 14.7 Å². The Bertz CT molecular complexity index is 1980. The Labute approximate surface area is 262 Å². The monoisotopic (exact) mass is 655 g/mol. The summed E-state index contributed by atoms with van der Waals surface area (Å²) in [5.74, 6) is 9.76. The molecule has 0 saturated heterocycles. The third-order valence-electron chi connectivity index (χ3n) is 6.07. The van der Waals surface area contributed by atoms with Crippen molar-refractivity contribution in [1.82, 2.24) is 19.8 Å². The van der Waals surface area contributed by atoms with Crippen LogP contribution in [0.5, 0.6) is 5.75 Å². The number of carbonyl (C=O) groups excluding carboxylic acids is 2. The van der Waals surface area contributed by atoms with Crippen LogP contribution < -0.4 is 43.9 Å². The number of aromatic carboxylic acids is 2. The minimum absolute atomic E-state index is 0.00138. The van der Waals surface area contributed by atoms with Crippen molar-refractivity contribution in [3.63, 3.8) is 0 Å². The van der Waals surface area contributed by atoms with Gasteiger partial charge >= 0.3 is 11.9 Å². The maximum absolute atomic E-state index is 14.5. The number of hydrogen-bond acceptors (Lipinski definition) is 13. The second-order valence-electron chi connectivity index (χ2n) is 9.09. The smallest absolute Gasteiger partial charge is 0.337 e. The predicted octanol–water partition coefficient (Wildman–Crippen LogP) is -0.150. The number of carbonyl (C=O) groups is 4. The van der Waals surface area contributed by atoms with Crippen molar-refractivity contribution in [3.05, 3.63) is 99.2 Å². The highest BCUT2D eigenvalue weighted by Crippen LogP contribution is 2.28. The third-order valence-corrected chi connectivity index (χ3v) is 6.07.